The molecule has 0 saturated carbocycles. The molecule has 1 fully saturated rings. The second-order valence-corrected chi connectivity index (χ2v) is 9.22. The van der Waals surface area contributed by atoms with Crippen LogP contribution in [0.4, 0.5) is 0 Å². The standard InChI is InChI=1S/C21H23NO5S/c1-15-12-19(16(2)22(15)18-10-11-28(25,26)14-18)20(23)13-27-21(24)9-8-17-6-4-3-5-7-17/h3-9,12,18H,10-11,13-14H2,1-2H3/b9-8+/t18-/m0/s1. The van der Waals surface area contributed by atoms with Gasteiger partial charge in [-0.3, -0.25) is 4.79 Å². The first-order valence-corrected chi connectivity index (χ1v) is 10.9. The molecule has 6 nitrogen and oxygen atoms in total. The fourth-order valence-electron chi connectivity index (χ4n) is 3.59. The molecule has 1 saturated heterocycles. The predicted octanol–water partition coefficient (Wildman–Crippen LogP) is 2.90. The molecular weight excluding hydrogens is 378 g/mol. The molecule has 0 bridgehead atoms. The number of aromatic nitrogens is 1. The van der Waals surface area contributed by atoms with E-state index in [0.29, 0.717) is 17.7 Å². The van der Waals surface area contributed by atoms with Crippen LogP contribution in [-0.2, 0) is 19.4 Å². The summed E-state index contributed by atoms with van der Waals surface area (Å²) in [6, 6.07) is 10.9. The van der Waals surface area contributed by atoms with Gasteiger partial charge in [-0.2, -0.15) is 0 Å². The van der Waals surface area contributed by atoms with E-state index in [0.717, 1.165) is 11.3 Å². The molecule has 0 spiro atoms. The number of hydrogen-bond donors (Lipinski definition) is 0. The van der Waals surface area contributed by atoms with E-state index in [-0.39, 0.29) is 29.9 Å². The fourth-order valence-corrected chi connectivity index (χ4v) is 5.29. The molecule has 2 aromatic rings. The van der Waals surface area contributed by atoms with Crippen molar-refractivity contribution in [3.8, 4) is 0 Å². The third-order valence-electron chi connectivity index (χ3n) is 4.92. The third-order valence-corrected chi connectivity index (χ3v) is 6.67. The van der Waals surface area contributed by atoms with Crippen LogP contribution in [0.2, 0.25) is 0 Å². The molecule has 148 valence electrons. The number of ketones is 1. The van der Waals surface area contributed by atoms with Crippen molar-refractivity contribution < 1.29 is 22.7 Å². The molecule has 2 heterocycles. The number of Topliss-reactive ketones (excluding diaryl/α,β-unsaturated/α-hetero) is 1. The summed E-state index contributed by atoms with van der Waals surface area (Å²) in [7, 11) is -3.02. The maximum absolute atomic E-state index is 12.5. The van der Waals surface area contributed by atoms with Crippen molar-refractivity contribution in [1.29, 1.82) is 0 Å². The van der Waals surface area contributed by atoms with Crippen molar-refractivity contribution in [3.05, 3.63) is 65.0 Å². The molecule has 1 aromatic heterocycles. The zero-order valence-electron chi connectivity index (χ0n) is 15.9. The van der Waals surface area contributed by atoms with E-state index in [1.807, 2.05) is 41.8 Å². The van der Waals surface area contributed by atoms with Gasteiger partial charge in [0.2, 0.25) is 5.78 Å². The average Bonchev–Trinajstić information content (AvgIpc) is 3.16. The Labute approximate surface area is 164 Å². The first-order valence-electron chi connectivity index (χ1n) is 9.09. The number of aryl methyl sites for hydroxylation is 1. The SMILES string of the molecule is Cc1cc(C(=O)COC(=O)/C=C/c2ccccc2)c(C)n1[C@H]1CCS(=O)(=O)C1. The lowest BCUT2D eigenvalue weighted by Gasteiger charge is -2.16. The number of nitrogens with zero attached hydrogens (tertiary/aromatic N) is 1. The Morgan fingerprint density at radius 1 is 1.21 bits per heavy atom. The molecule has 1 aliphatic rings. The zero-order valence-corrected chi connectivity index (χ0v) is 16.7. The largest absolute Gasteiger partial charge is 0.454 e. The molecule has 0 unspecified atom stereocenters. The highest BCUT2D eigenvalue weighted by molar-refractivity contribution is 7.91. The monoisotopic (exact) mass is 401 g/mol. The first-order chi connectivity index (χ1) is 13.3. The maximum Gasteiger partial charge on any atom is 0.331 e. The van der Waals surface area contributed by atoms with E-state index >= 15 is 0 Å². The third kappa shape index (κ3) is 4.59. The van der Waals surface area contributed by atoms with Crippen molar-refractivity contribution in [3.63, 3.8) is 0 Å². The Kier molecular flexibility index (Phi) is 5.84. The van der Waals surface area contributed by atoms with E-state index in [9.17, 15) is 18.0 Å². The van der Waals surface area contributed by atoms with Gasteiger partial charge in [-0.05, 0) is 38.0 Å². The van der Waals surface area contributed by atoms with Gasteiger partial charge >= 0.3 is 5.97 Å². The van der Waals surface area contributed by atoms with Crippen LogP contribution in [0.15, 0.2) is 42.5 Å². The van der Waals surface area contributed by atoms with Crippen LogP contribution >= 0.6 is 0 Å². The summed E-state index contributed by atoms with van der Waals surface area (Å²) in [5.74, 6) is -0.630. The smallest absolute Gasteiger partial charge is 0.331 e. The molecule has 0 N–H and O–H groups in total. The summed E-state index contributed by atoms with van der Waals surface area (Å²) >= 11 is 0. The Hall–Kier alpha value is -2.67. The minimum absolute atomic E-state index is 0.0935. The molecule has 0 amide bonds. The Bertz CT molecular complexity index is 1020. The number of sulfone groups is 1. The van der Waals surface area contributed by atoms with Gasteiger partial charge < -0.3 is 9.30 Å². The number of benzene rings is 1. The Morgan fingerprint density at radius 2 is 1.93 bits per heavy atom. The van der Waals surface area contributed by atoms with E-state index in [4.69, 9.17) is 4.74 Å². The quantitative estimate of drug-likeness (QED) is 0.422. The molecule has 3 rings (SSSR count). The van der Waals surface area contributed by atoms with Gasteiger partial charge in [0.1, 0.15) is 0 Å². The highest BCUT2D eigenvalue weighted by atomic mass is 32.2. The van der Waals surface area contributed by atoms with Crippen LogP contribution in [0.3, 0.4) is 0 Å². The fraction of sp³-hybridized carbons (Fsp3) is 0.333. The number of carbonyl (C=O) groups excluding carboxylic acids is 2. The summed E-state index contributed by atoms with van der Waals surface area (Å²) in [5, 5.41) is 0. The van der Waals surface area contributed by atoms with E-state index in [2.05, 4.69) is 0 Å². The summed E-state index contributed by atoms with van der Waals surface area (Å²) in [6.07, 6.45) is 3.46. The maximum atomic E-state index is 12.5. The van der Waals surface area contributed by atoms with Gasteiger partial charge in [-0.1, -0.05) is 30.3 Å². The van der Waals surface area contributed by atoms with Crippen LogP contribution < -0.4 is 0 Å². The molecule has 1 aliphatic heterocycles. The Balaban J connectivity index is 1.64. The van der Waals surface area contributed by atoms with Gasteiger partial charge in [-0.15, -0.1) is 0 Å². The summed E-state index contributed by atoms with van der Waals surface area (Å²) in [4.78, 5) is 24.4. The predicted molar refractivity (Wildman–Crippen MR) is 107 cm³/mol. The topological polar surface area (TPSA) is 82.4 Å². The van der Waals surface area contributed by atoms with Gasteiger partial charge in [0, 0.05) is 29.1 Å². The molecule has 1 aromatic carbocycles. The van der Waals surface area contributed by atoms with Crippen LogP contribution in [0.5, 0.6) is 0 Å². The van der Waals surface area contributed by atoms with E-state index in [1.54, 1.807) is 19.1 Å². The lowest BCUT2D eigenvalue weighted by molar-refractivity contribution is -0.136. The molecule has 28 heavy (non-hydrogen) atoms. The normalized spacial score (nSPS) is 18.4. The van der Waals surface area contributed by atoms with Crippen molar-refractivity contribution in [2.24, 2.45) is 0 Å². The minimum atomic E-state index is -3.02. The van der Waals surface area contributed by atoms with E-state index < -0.39 is 15.8 Å². The van der Waals surface area contributed by atoms with Crippen LogP contribution in [0.25, 0.3) is 6.08 Å². The highest BCUT2D eigenvalue weighted by Crippen LogP contribution is 2.29. The molecule has 0 radical (unpaired) electrons. The highest BCUT2D eigenvalue weighted by Gasteiger charge is 2.31. The number of hydrogen-bond acceptors (Lipinski definition) is 5. The summed E-state index contributed by atoms with van der Waals surface area (Å²) in [6.45, 7) is 3.29. The van der Waals surface area contributed by atoms with Gasteiger partial charge in [0.05, 0.1) is 11.5 Å². The lowest BCUT2D eigenvalue weighted by Crippen LogP contribution is -2.16. The van der Waals surface area contributed by atoms with Crippen LogP contribution in [0, 0.1) is 13.8 Å². The average molecular weight is 401 g/mol. The molecule has 1 atom stereocenters. The summed E-state index contributed by atoms with van der Waals surface area (Å²) in [5.41, 5.74) is 2.86. The zero-order chi connectivity index (χ0) is 20.3. The van der Waals surface area contributed by atoms with Crippen molar-refractivity contribution in [2.45, 2.75) is 26.3 Å². The Morgan fingerprint density at radius 3 is 2.57 bits per heavy atom. The number of ether oxygens (including phenoxy) is 1. The van der Waals surface area contributed by atoms with Crippen LogP contribution in [-0.4, -0.2) is 42.9 Å². The number of rotatable bonds is 6. The van der Waals surface area contributed by atoms with Gasteiger partial charge in [0.25, 0.3) is 0 Å². The number of esters is 1. The molecule has 7 heteroatoms. The molecular formula is C21H23NO5S. The minimum Gasteiger partial charge on any atom is -0.454 e. The first kappa shape index (κ1) is 20.1. The second kappa shape index (κ2) is 8.14. The van der Waals surface area contributed by atoms with Crippen LogP contribution in [0.1, 0.15) is 39.8 Å². The van der Waals surface area contributed by atoms with E-state index in [1.165, 1.54) is 6.08 Å². The van der Waals surface area contributed by atoms with Crippen molar-refractivity contribution >= 4 is 27.7 Å². The van der Waals surface area contributed by atoms with Gasteiger partial charge in [0.15, 0.2) is 16.4 Å². The summed E-state index contributed by atoms with van der Waals surface area (Å²) < 4.78 is 30.5. The van der Waals surface area contributed by atoms with Crippen molar-refractivity contribution in [1.82, 2.24) is 4.57 Å². The van der Waals surface area contributed by atoms with Gasteiger partial charge in [-0.25, -0.2) is 13.2 Å². The van der Waals surface area contributed by atoms with Crippen molar-refractivity contribution in [2.75, 3.05) is 18.1 Å². The number of carbonyl (C=O) groups is 2. The lowest BCUT2D eigenvalue weighted by atomic mass is 10.1. The molecule has 0 aliphatic carbocycles. The second-order valence-electron chi connectivity index (χ2n) is 6.99.